The molecule has 0 unspecified atom stereocenters. The Morgan fingerprint density at radius 1 is 1.38 bits per heavy atom. The van der Waals surface area contributed by atoms with Crippen molar-refractivity contribution >= 4 is 17.9 Å². The number of rotatable bonds is 11. The molecule has 29 heavy (non-hydrogen) atoms. The van der Waals surface area contributed by atoms with Gasteiger partial charge in [-0.15, -0.1) is 0 Å². The van der Waals surface area contributed by atoms with Crippen molar-refractivity contribution in [1.82, 2.24) is 5.32 Å². The van der Waals surface area contributed by atoms with Crippen molar-refractivity contribution in [3.63, 3.8) is 0 Å². The maximum atomic E-state index is 11.7. The summed E-state index contributed by atoms with van der Waals surface area (Å²) >= 11 is 0. The van der Waals surface area contributed by atoms with Crippen LogP contribution in [0.1, 0.15) is 38.3 Å². The average Bonchev–Trinajstić information content (AvgIpc) is 2.66. The zero-order valence-corrected chi connectivity index (χ0v) is 18.2. The molecule has 1 rings (SSSR count). The van der Waals surface area contributed by atoms with Gasteiger partial charge in [-0.1, -0.05) is 36.9 Å². The molecule has 0 saturated carbocycles. The van der Waals surface area contributed by atoms with Crippen molar-refractivity contribution < 1.29 is 9.53 Å². The van der Waals surface area contributed by atoms with Crippen molar-refractivity contribution in [2.75, 3.05) is 24.5 Å². The van der Waals surface area contributed by atoms with Crippen LogP contribution in [0.4, 0.5) is 10.5 Å². The zero-order valence-electron chi connectivity index (χ0n) is 18.2. The number of nitrogens with zero attached hydrogens (tertiary/aromatic N) is 1. The fourth-order valence-electron chi connectivity index (χ4n) is 2.86. The van der Waals surface area contributed by atoms with Gasteiger partial charge in [-0.3, -0.25) is 0 Å². The Morgan fingerprint density at radius 3 is 2.76 bits per heavy atom. The number of carbonyl (C=O) groups excluding carboxylic acids is 1. The number of nitrogens with two attached hydrogens (primary N) is 1. The number of hydrogen-bond acceptors (Lipinski definition) is 4. The Bertz CT molecular complexity index is 748. The first-order valence-electron chi connectivity index (χ1n) is 10.0. The van der Waals surface area contributed by atoms with Crippen LogP contribution in [-0.2, 0) is 4.74 Å². The number of amides is 1. The van der Waals surface area contributed by atoms with Crippen LogP contribution in [0.2, 0.25) is 0 Å². The highest BCUT2D eigenvalue weighted by molar-refractivity contribution is 5.67. The van der Waals surface area contributed by atoms with Crippen molar-refractivity contribution in [3.8, 4) is 0 Å². The molecule has 1 amide bonds. The second-order valence-electron chi connectivity index (χ2n) is 7.03. The lowest BCUT2D eigenvalue weighted by molar-refractivity contribution is 0.115. The summed E-state index contributed by atoms with van der Waals surface area (Å²) in [6.45, 7) is 13.6. The minimum absolute atomic E-state index is 0.126. The molecule has 5 heteroatoms. The highest BCUT2D eigenvalue weighted by atomic mass is 16.6. The first-order chi connectivity index (χ1) is 13.9. The van der Waals surface area contributed by atoms with Crippen molar-refractivity contribution in [1.29, 1.82) is 0 Å². The van der Waals surface area contributed by atoms with Gasteiger partial charge in [0.05, 0.1) is 6.10 Å². The van der Waals surface area contributed by atoms with E-state index in [0.29, 0.717) is 13.1 Å². The SMILES string of the molecule is C=C/C=C(\C=C/N)CN(CCCNC(=O)OC(C)C)c1ccc(C)c(/C=C\C)c1. The minimum atomic E-state index is -0.379. The first-order valence-corrected chi connectivity index (χ1v) is 10.0. The Labute approximate surface area is 175 Å². The highest BCUT2D eigenvalue weighted by Crippen LogP contribution is 2.22. The molecule has 3 N–H and O–H groups in total. The van der Waals surface area contributed by atoms with Crippen LogP contribution in [-0.4, -0.2) is 31.8 Å². The van der Waals surface area contributed by atoms with E-state index >= 15 is 0 Å². The normalized spacial score (nSPS) is 12.0. The quantitative estimate of drug-likeness (QED) is 0.410. The third-order valence-corrected chi connectivity index (χ3v) is 4.21. The number of carbonyl (C=O) groups is 1. The van der Waals surface area contributed by atoms with Crippen LogP contribution in [0, 0.1) is 6.92 Å². The Kier molecular flexibility index (Phi) is 11.0. The Morgan fingerprint density at radius 2 is 2.14 bits per heavy atom. The summed E-state index contributed by atoms with van der Waals surface area (Å²) in [7, 11) is 0. The summed E-state index contributed by atoms with van der Waals surface area (Å²) in [5.74, 6) is 0. The molecule has 0 aromatic heterocycles. The molecule has 0 fully saturated rings. The van der Waals surface area contributed by atoms with Gasteiger partial charge in [-0.05, 0) is 75.2 Å². The smallest absolute Gasteiger partial charge is 0.407 e. The Balaban J connectivity index is 2.94. The minimum Gasteiger partial charge on any atom is -0.447 e. The second-order valence-corrected chi connectivity index (χ2v) is 7.03. The summed E-state index contributed by atoms with van der Waals surface area (Å²) in [5, 5.41) is 2.80. The molecule has 0 atom stereocenters. The molecule has 1 aromatic carbocycles. The van der Waals surface area contributed by atoms with E-state index in [4.69, 9.17) is 10.5 Å². The van der Waals surface area contributed by atoms with E-state index < -0.39 is 0 Å². The van der Waals surface area contributed by atoms with Gasteiger partial charge in [0.2, 0.25) is 0 Å². The molecule has 158 valence electrons. The van der Waals surface area contributed by atoms with Gasteiger partial charge in [0.15, 0.2) is 0 Å². The van der Waals surface area contributed by atoms with Gasteiger partial charge < -0.3 is 20.7 Å². The molecule has 0 saturated heterocycles. The van der Waals surface area contributed by atoms with Gasteiger partial charge in [-0.2, -0.15) is 0 Å². The van der Waals surface area contributed by atoms with Crippen LogP contribution in [0.15, 0.2) is 60.9 Å². The fourth-order valence-corrected chi connectivity index (χ4v) is 2.86. The van der Waals surface area contributed by atoms with Crippen molar-refractivity contribution in [2.24, 2.45) is 5.73 Å². The van der Waals surface area contributed by atoms with Gasteiger partial charge in [-0.25, -0.2) is 4.79 Å². The molecule has 0 aliphatic carbocycles. The molecule has 0 bridgehead atoms. The van der Waals surface area contributed by atoms with Crippen molar-refractivity contribution in [3.05, 3.63) is 72.0 Å². The monoisotopic (exact) mass is 397 g/mol. The predicted molar refractivity (Wildman–Crippen MR) is 124 cm³/mol. The molecular formula is C24H35N3O2. The van der Waals surface area contributed by atoms with Gasteiger partial charge in [0.25, 0.3) is 0 Å². The van der Waals surface area contributed by atoms with Gasteiger partial charge >= 0.3 is 6.09 Å². The summed E-state index contributed by atoms with van der Waals surface area (Å²) in [6, 6.07) is 6.44. The number of alkyl carbamates (subject to hydrolysis) is 1. The van der Waals surface area contributed by atoms with E-state index in [1.54, 1.807) is 6.08 Å². The molecular weight excluding hydrogens is 362 g/mol. The van der Waals surface area contributed by atoms with Gasteiger partial charge in [0.1, 0.15) is 0 Å². The molecule has 5 nitrogen and oxygen atoms in total. The van der Waals surface area contributed by atoms with Crippen LogP contribution in [0.3, 0.4) is 0 Å². The number of hydrogen-bond donors (Lipinski definition) is 2. The number of ether oxygens (including phenoxy) is 1. The lowest BCUT2D eigenvalue weighted by Gasteiger charge is -2.26. The number of nitrogens with one attached hydrogen (secondary N) is 1. The lowest BCUT2D eigenvalue weighted by atomic mass is 10.1. The summed E-state index contributed by atoms with van der Waals surface area (Å²) in [6.07, 6.45) is 11.6. The lowest BCUT2D eigenvalue weighted by Crippen LogP contribution is -2.32. The topological polar surface area (TPSA) is 67.6 Å². The largest absolute Gasteiger partial charge is 0.447 e. The maximum Gasteiger partial charge on any atom is 0.407 e. The number of allylic oxidation sites excluding steroid dienone is 3. The van der Waals surface area contributed by atoms with Crippen LogP contribution in [0.25, 0.3) is 6.08 Å². The molecule has 0 radical (unpaired) electrons. The fraction of sp³-hybridized carbons (Fsp3) is 0.375. The molecule has 1 aromatic rings. The van der Waals surface area contributed by atoms with E-state index in [0.717, 1.165) is 24.2 Å². The predicted octanol–water partition coefficient (Wildman–Crippen LogP) is 4.94. The molecule has 0 aliphatic heterocycles. The van der Waals surface area contributed by atoms with Crippen LogP contribution < -0.4 is 16.0 Å². The van der Waals surface area contributed by atoms with E-state index in [1.165, 1.54) is 17.3 Å². The third-order valence-electron chi connectivity index (χ3n) is 4.21. The maximum absolute atomic E-state index is 11.7. The van der Waals surface area contributed by atoms with Gasteiger partial charge in [0, 0.05) is 25.3 Å². The summed E-state index contributed by atoms with van der Waals surface area (Å²) in [5.41, 5.74) is 10.2. The van der Waals surface area contributed by atoms with E-state index in [2.05, 4.69) is 48.0 Å². The van der Waals surface area contributed by atoms with E-state index in [9.17, 15) is 4.79 Å². The van der Waals surface area contributed by atoms with Crippen LogP contribution in [0.5, 0.6) is 0 Å². The molecule has 0 spiro atoms. The van der Waals surface area contributed by atoms with E-state index in [-0.39, 0.29) is 12.2 Å². The average molecular weight is 398 g/mol. The molecule has 0 aliphatic rings. The third kappa shape index (κ3) is 9.19. The summed E-state index contributed by atoms with van der Waals surface area (Å²) in [4.78, 5) is 13.9. The summed E-state index contributed by atoms with van der Waals surface area (Å²) < 4.78 is 5.11. The van der Waals surface area contributed by atoms with Crippen molar-refractivity contribution in [2.45, 2.75) is 40.2 Å². The number of aryl methyl sites for hydroxylation is 1. The van der Waals surface area contributed by atoms with E-state index in [1.807, 2.05) is 39.0 Å². The van der Waals surface area contributed by atoms with Crippen LogP contribution >= 0.6 is 0 Å². The standard InChI is InChI=1S/C24H35N3O2/c1-6-9-21(13-14-25)18-27(16-8-15-26-24(28)29-19(3)4)23-12-11-20(5)22(17-23)10-7-2/h6-7,9-14,17,19H,1,8,15-16,18,25H2,2-5H3,(H,26,28)/b10-7-,14-13-,21-9+. The number of benzene rings is 1. The first kappa shape index (κ1) is 24.1. The highest BCUT2D eigenvalue weighted by Gasteiger charge is 2.10. The second kappa shape index (κ2) is 13.3. The molecule has 0 heterocycles. The Hall–Kier alpha value is -2.95. The number of anilines is 1. The zero-order chi connectivity index (χ0) is 21.6.